The summed E-state index contributed by atoms with van der Waals surface area (Å²) in [6, 6.07) is 3.60. The van der Waals surface area contributed by atoms with Crippen molar-refractivity contribution < 1.29 is 38.9 Å². The van der Waals surface area contributed by atoms with E-state index in [9.17, 15) is 24.3 Å². The molecule has 0 amide bonds. The number of carboxylic acid groups (broad SMARTS) is 2. The van der Waals surface area contributed by atoms with Crippen molar-refractivity contribution in [2.24, 2.45) is 0 Å². The van der Waals surface area contributed by atoms with Crippen LogP contribution in [0.25, 0.3) is 0 Å². The molecule has 0 heterocycles. The highest BCUT2D eigenvalue weighted by molar-refractivity contribution is 6.09. The summed E-state index contributed by atoms with van der Waals surface area (Å²) in [6.07, 6.45) is 3.01. The fourth-order valence-electron chi connectivity index (χ4n) is 2.63. The van der Waals surface area contributed by atoms with Gasteiger partial charge in [0.2, 0.25) is 0 Å². The molecule has 158 valence electrons. The van der Waals surface area contributed by atoms with Gasteiger partial charge in [0.1, 0.15) is 6.10 Å². The second-order valence-corrected chi connectivity index (χ2v) is 6.57. The van der Waals surface area contributed by atoms with Gasteiger partial charge in [-0.15, -0.1) is 0 Å². The van der Waals surface area contributed by atoms with Crippen molar-refractivity contribution in [1.29, 1.82) is 0 Å². The van der Waals surface area contributed by atoms with Crippen LogP contribution in [0.15, 0.2) is 30.4 Å². The molecule has 29 heavy (non-hydrogen) atoms. The van der Waals surface area contributed by atoms with Gasteiger partial charge in [0.05, 0.1) is 23.3 Å². The molecule has 0 aliphatic rings. The van der Waals surface area contributed by atoms with E-state index in [1.54, 1.807) is 6.92 Å². The highest BCUT2D eigenvalue weighted by atomic mass is 16.5. The van der Waals surface area contributed by atoms with Gasteiger partial charge in [-0.3, -0.25) is 0 Å². The number of carboxylic acids is 2. The Kier molecular flexibility index (Phi) is 9.58. The summed E-state index contributed by atoms with van der Waals surface area (Å²) in [7, 11) is 0. The number of esters is 2. The standard InChI is InChI=1S/C21H26O8/c1-4-5-8-14(29-20(26)13(2)3)9-7-12-28-21(27)16-11-6-10-15(18(22)23)17(16)19(24)25/h6,10-11,14H,2,4-5,7-9,12H2,1,3H3,(H,22,23)(H,24,25). The molecule has 0 fully saturated rings. The van der Waals surface area contributed by atoms with Crippen LogP contribution in [0.4, 0.5) is 0 Å². The van der Waals surface area contributed by atoms with Gasteiger partial charge >= 0.3 is 23.9 Å². The highest BCUT2D eigenvalue weighted by Gasteiger charge is 2.24. The van der Waals surface area contributed by atoms with Gasteiger partial charge in [-0.25, -0.2) is 19.2 Å². The summed E-state index contributed by atoms with van der Waals surface area (Å²) < 4.78 is 10.5. The molecule has 0 saturated carbocycles. The van der Waals surface area contributed by atoms with E-state index in [2.05, 4.69) is 6.58 Å². The van der Waals surface area contributed by atoms with Crippen molar-refractivity contribution in [2.45, 2.75) is 52.1 Å². The topological polar surface area (TPSA) is 127 Å². The monoisotopic (exact) mass is 406 g/mol. The van der Waals surface area contributed by atoms with Crippen LogP contribution in [0, 0.1) is 0 Å². The second kappa shape index (κ2) is 11.6. The van der Waals surface area contributed by atoms with Crippen LogP contribution in [0.1, 0.15) is 77.0 Å². The van der Waals surface area contributed by atoms with Gasteiger partial charge in [0, 0.05) is 5.57 Å². The van der Waals surface area contributed by atoms with Crippen LogP contribution in [0.5, 0.6) is 0 Å². The predicted octanol–water partition coefficient (Wildman–Crippen LogP) is 3.70. The van der Waals surface area contributed by atoms with Crippen LogP contribution in [0.2, 0.25) is 0 Å². The summed E-state index contributed by atoms with van der Waals surface area (Å²) in [5.41, 5.74) is -1.12. The van der Waals surface area contributed by atoms with Gasteiger partial charge in [0.15, 0.2) is 0 Å². The van der Waals surface area contributed by atoms with E-state index in [0.717, 1.165) is 18.9 Å². The largest absolute Gasteiger partial charge is 0.478 e. The quantitative estimate of drug-likeness (QED) is 0.306. The Labute approximate surface area is 169 Å². The fourth-order valence-corrected chi connectivity index (χ4v) is 2.63. The Hall–Kier alpha value is -3.16. The van der Waals surface area contributed by atoms with Gasteiger partial charge < -0.3 is 19.7 Å². The zero-order valence-corrected chi connectivity index (χ0v) is 16.6. The maximum Gasteiger partial charge on any atom is 0.339 e. The van der Waals surface area contributed by atoms with Gasteiger partial charge in [-0.05, 0) is 38.3 Å². The number of benzene rings is 1. The number of carbonyl (C=O) groups excluding carboxylic acids is 2. The molecule has 1 aromatic rings. The third-order valence-corrected chi connectivity index (χ3v) is 4.13. The first-order valence-electron chi connectivity index (χ1n) is 9.32. The number of rotatable bonds is 12. The smallest absolute Gasteiger partial charge is 0.339 e. The van der Waals surface area contributed by atoms with Gasteiger partial charge in [-0.1, -0.05) is 32.4 Å². The summed E-state index contributed by atoms with van der Waals surface area (Å²) >= 11 is 0. The summed E-state index contributed by atoms with van der Waals surface area (Å²) in [4.78, 5) is 46.6. The normalized spacial score (nSPS) is 11.4. The predicted molar refractivity (Wildman–Crippen MR) is 104 cm³/mol. The molecule has 1 atom stereocenters. The molecule has 2 N–H and O–H groups in total. The molecule has 0 aliphatic heterocycles. The SMILES string of the molecule is C=C(C)C(=O)OC(CCCC)CCCOC(=O)c1cccc(C(=O)O)c1C(=O)O. The van der Waals surface area contributed by atoms with Crippen molar-refractivity contribution in [1.82, 2.24) is 0 Å². The molecule has 8 heteroatoms. The third kappa shape index (κ3) is 7.40. The average Bonchev–Trinajstić information content (AvgIpc) is 2.67. The Morgan fingerprint density at radius 1 is 1.03 bits per heavy atom. The molecule has 0 bridgehead atoms. The minimum absolute atomic E-state index is 0.0254. The van der Waals surface area contributed by atoms with Crippen LogP contribution in [-0.4, -0.2) is 46.8 Å². The Morgan fingerprint density at radius 3 is 2.21 bits per heavy atom. The average molecular weight is 406 g/mol. The first-order valence-corrected chi connectivity index (χ1v) is 9.32. The molecule has 0 spiro atoms. The number of hydrogen-bond donors (Lipinski definition) is 2. The molecule has 8 nitrogen and oxygen atoms in total. The Bertz CT molecular complexity index is 781. The van der Waals surface area contributed by atoms with Crippen molar-refractivity contribution >= 4 is 23.9 Å². The van der Waals surface area contributed by atoms with Crippen molar-refractivity contribution in [3.63, 3.8) is 0 Å². The number of aromatic carboxylic acids is 2. The molecule has 0 radical (unpaired) electrons. The number of carbonyl (C=O) groups is 4. The molecule has 1 aromatic carbocycles. The lowest BCUT2D eigenvalue weighted by atomic mass is 10.0. The molecule has 1 rings (SSSR count). The molecule has 0 aromatic heterocycles. The van der Waals surface area contributed by atoms with E-state index in [4.69, 9.17) is 14.6 Å². The molecular formula is C21H26O8. The van der Waals surface area contributed by atoms with Crippen LogP contribution < -0.4 is 0 Å². The number of hydrogen-bond acceptors (Lipinski definition) is 6. The van der Waals surface area contributed by atoms with E-state index in [1.165, 1.54) is 12.1 Å². The van der Waals surface area contributed by atoms with Crippen molar-refractivity contribution in [3.8, 4) is 0 Å². The number of unbranched alkanes of at least 4 members (excludes halogenated alkanes) is 1. The summed E-state index contributed by atoms with van der Waals surface area (Å²) in [5.74, 6) is -4.37. The highest BCUT2D eigenvalue weighted by Crippen LogP contribution is 2.18. The fraction of sp³-hybridized carbons (Fsp3) is 0.429. The van der Waals surface area contributed by atoms with Crippen LogP contribution >= 0.6 is 0 Å². The van der Waals surface area contributed by atoms with E-state index in [0.29, 0.717) is 24.8 Å². The minimum atomic E-state index is -1.53. The van der Waals surface area contributed by atoms with Gasteiger partial charge in [-0.2, -0.15) is 0 Å². The molecule has 0 saturated heterocycles. The first kappa shape index (κ1) is 23.9. The lowest BCUT2D eigenvalue weighted by Gasteiger charge is -2.18. The maximum atomic E-state index is 12.3. The third-order valence-electron chi connectivity index (χ3n) is 4.13. The van der Waals surface area contributed by atoms with E-state index in [1.807, 2.05) is 6.92 Å². The zero-order valence-electron chi connectivity index (χ0n) is 16.6. The van der Waals surface area contributed by atoms with Gasteiger partial charge in [0.25, 0.3) is 0 Å². The second-order valence-electron chi connectivity index (χ2n) is 6.57. The maximum absolute atomic E-state index is 12.3. The van der Waals surface area contributed by atoms with E-state index < -0.39 is 35.0 Å². The Balaban J connectivity index is 2.71. The Morgan fingerprint density at radius 2 is 1.66 bits per heavy atom. The summed E-state index contributed by atoms with van der Waals surface area (Å²) in [6.45, 7) is 7.10. The lowest BCUT2D eigenvalue weighted by Crippen LogP contribution is -2.20. The van der Waals surface area contributed by atoms with E-state index >= 15 is 0 Å². The number of ether oxygens (including phenoxy) is 2. The summed E-state index contributed by atoms with van der Waals surface area (Å²) in [5, 5.41) is 18.4. The molecular weight excluding hydrogens is 380 g/mol. The first-order chi connectivity index (χ1) is 13.7. The lowest BCUT2D eigenvalue weighted by molar-refractivity contribution is -0.145. The van der Waals surface area contributed by atoms with E-state index in [-0.39, 0.29) is 18.3 Å². The molecule has 0 aliphatic carbocycles. The van der Waals surface area contributed by atoms with Crippen molar-refractivity contribution in [3.05, 3.63) is 47.0 Å². The van der Waals surface area contributed by atoms with Crippen molar-refractivity contribution in [2.75, 3.05) is 6.61 Å². The van der Waals surface area contributed by atoms with Crippen LogP contribution in [0.3, 0.4) is 0 Å². The van der Waals surface area contributed by atoms with Crippen LogP contribution in [-0.2, 0) is 14.3 Å². The molecule has 1 unspecified atom stereocenters. The zero-order chi connectivity index (χ0) is 22.0. The minimum Gasteiger partial charge on any atom is -0.478 e.